The van der Waals surface area contributed by atoms with E-state index in [9.17, 15) is 9.18 Å². The van der Waals surface area contributed by atoms with Gasteiger partial charge in [-0.1, -0.05) is 38.8 Å². The van der Waals surface area contributed by atoms with Crippen molar-refractivity contribution in [3.05, 3.63) is 30.1 Å². The Balaban J connectivity index is 2.32. The number of nitrogens with one attached hydrogen (secondary N) is 2. The summed E-state index contributed by atoms with van der Waals surface area (Å²) in [6, 6.07) is 6.16. The maximum atomic E-state index is 13.3. The van der Waals surface area contributed by atoms with Crippen molar-refractivity contribution in [1.82, 2.24) is 5.32 Å². The molecule has 4 heteroatoms. The maximum absolute atomic E-state index is 13.3. The zero-order valence-corrected chi connectivity index (χ0v) is 11.0. The zero-order chi connectivity index (χ0) is 13.4. The molecule has 0 unspecified atom stereocenters. The first-order chi connectivity index (χ1) is 8.67. The van der Waals surface area contributed by atoms with Crippen LogP contribution in [0.5, 0.6) is 0 Å². The van der Waals surface area contributed by atoms with Gasteiger partial charge in [-0.05, 0) is 24.6 Å². The molecule has 0 spiro atoms. The van der Waals surface area contributed by atoms with Gasteiger partial charge in [0.1, 0.15) is 5.82 Å². The molecule has 0 bridgehead atoms. The Bertz CT molecular complexity index is 378. The molecule has 18 heavy (non-hydrogen) atoms. The molecule has 0 heterocycles. The number of rotatable bonds is 7. The summed E-state index contributed by atoms with van der Waals surface area (Å²) in [5.74, 6) is -0.0387. The Morgan fingerprint density at radius 3 is 2.56 bits per heavy atom. The van der Waals surface area contributed by atoms with Gasteiger partial charge in [-0.25, -0.2) is 4.39 Å². The number of carbonyl (C=O) groups is 1. The number of hydrogen-bond donors (Lipinski definition) is 2. The fourth-order valence-corrected chi connectivity index (χ4v) is 1.72. The molecule has 3 nitrogen and oxygen atoms in total. The van der Waals surface area contributed by atoms with E-state index in [0.29, 0.717) is 5.92 Å². The van der Waals surface area contributed by atoms with Crippen molar-refractivity contribution in [1.29, 1.82) is 0 Å². The predicted molar refractivity (Wildman–Crippen MR) is 72.0 cm³/mol. The van der Waals surface area contributed by atoms with Crippen molar-refractivity contribution < 1.29 is 9.18 Å². The lowest BCUT2D eigenvalue weighted by molar-refractivity contribution is -0.115. The molecule has 2 N–H and O–H groups in total. The highest BCUT2D eigenvalue weighted by Crippen LogP contribution is 2.11. The monoisotopic (exact) mass is 252 g/mol. The summed E-state index contributed by atoms with van der Waals surface area (Å²) < 4.78 is 13.3. The molecule has 0 radical (unpaired) electrons. The van der Waals surface area contributed by atoms with Gasteiger partial charge in [0.15, 0.2) is 0 Å². The standard InChI is InChI=1S/C14H21FN2O/c1-3-11(4-2)9-16-10-14(18)17-13-8-6-5-7-12(13)15/h5-8,11,16H,3-4,9-10H2,1-2H3,(H,17,18). The number of halogens is 1. The van der Waals surface area contributed by atoms with E-state index in [2.05, 4.69) is 24.5 Å². The van der Waals surface area contributed by atoms with Crippen molar-refractivity contribution in [2.45, 2.75) is 26.7 Å². The number of amides is 1. The minimum atomic E-state index is -0.411. The quantitative estimate of drug-likeness (QED) is 0.783. The van der Waals surface area contributed by atoms with Crippen LogP contribution in [0.2, 0.25) is 0 Å². The molecule has 1 amide bonds. The molecule has 0 aliphatic carbocycles. The van der Waals surface area contributed by atoms with E-state index in [1.807, 2.05) is 0 Å². The van der Waals surface area contributed by atoms with E-state index in [0.717, 1.165) is 19.4 Å². The van der Waals surface area contributed by atoms with Gasteiger partial charge in [-0.15, -0.1) is 0 Å². The third-order valence-corrected chi connectivity index (χ3v) is 3.02. The fourth-order valence-electron chi connectivity index (χ4n) is 1.72. The molecule has 0 aliphatic heterocycles. The van der Waals surface area contributed by atoms with E-state index in [1.165, 1.54) is 6.07 Å². The molecule has 0 aromatic heterocycles. The van der Waals surface area contributed by atoms with Crippen molar-refractivity contribution in [2.75, 3.05) is 18.4 Å². The Labute approximate surface area is 108 Å². The lowest BCUT2D eigenvalue weighted by atomic mass is 10.0. The van der Waals surface area contributed by atoms with Crippen LogP contribution in [0.4, 0.5) is 10.1 Å². The van der Waals surface area contributed by atoms with Crippen molar-refractivity contribution in [3.8, 4) is 0 Å². The Kier molecular flexibility index (Phi) is 6.36. The SMILES string of the molecule is CCC(CC)CNCC(=O)Nc1ccccc1F. The van der Waals surface area contributed by atoms with Crippen LogP contribution in [0.1, 0.15) is 26.7 Å². The number of hydrogen-bond acceptors (Lipinski definition) is 2. The maximum Gasteiger partial charge on any atom is 0.238 e. The number of para-hydroxylation sites is 1. The Hall–Kier alpha value is -1.42. The zero-order valence-electron chi connectivity index (χ0n) is 11.0. The summed E-state index contributed by atoms with van der Waals surface area (Å²) in [5, 5.41) is 5.64. The number of anilines is 1. The van der Waals surface area contributed by atoms with E-state index in [1.54, 1.807) is 18.2 Å². The van der Waals surface area contributed by atoms with Crippen molar-refractivity contribution in [2.24, 2.45) is 5.92 Å². The molecular formula is C14H21FN2O. The van der Waals surface area contributed by atoms with Crippen LogP contribution in [-0.2, 0) is 4.79 Å². The summed E-state index contributed by atoms with van der Waals surface area (Å²) in [4.78, 5) is 11.6. The second kappa shape index (κ2) is 7.82. The summed E-state index contributed by atoms with van der Waals surface area (Å²) in [5.41, 5.74) is 0.229. The van der Waals surface area contributed by atoms with Crippen molar-refractivity contribution >= 4 is 11.6 Å². The molecule has 100 valence electrons. The van der Waals surface area contributed by atoms with Crippen LogP contribution < -0.4 is 10.6 Å². The van der Waals surface area contributed by atoms with Gasteiger partial charge in [0, 0.05) is 0 Å². The van der Waals surface area contributed by atoms with E-state index in [-0.39, 0.29) is 18.1 Å². The highest BCUT2D eigenvalue weighted by molar-refractivity contribution is 5.92. The van der Waals surface area contributed by atoms with Gasteiger partial charge in [-0.3, -0.25) is 4.79 Å². The average molecular weight is 252 g/mol. The molecule has 0 fully saturated rings. The Morgan fingerprint density at radius 2 is 1.94 bits per heavy atom. The fraction of sp³-hybridized carbons (Fsp3) is 0.500. The van der Waals surface area contributed by atoms with Gasteiger partial charge in [0.25, 0.3) is 0 Å². The van der Waals surface area contributed by atoms with Crippen LogP contribution in [-0.4, -0.2) is 19.0 Å². The second-order valence-corrected chi connectivity index (χ2v) is 4.34. The summed E-state index contributed by atoms with van der Waals surface area (Å²) in [6.45, 7) is 5.30. The average Bonchev–Trinajstić information content (AvgIpc) is 2.37. The molecule has 1 rings (SSSR count). The molecule has 0 atom stereocenters. The minimum absolute atomic E-state index is 0.213. The highest BCUT2D eigenvalue weighted by atomic mass is 19.1. The summed E-state index contributed by atoms with van der Waals surface area (Å²) in [6.07, 6.45) is 2.19. The third kappa shape index (κ3) is 4.84. The normalized spacial score (nSPS) is 10.7. The molecule has 1 aromatic carbocycles. The smallest absolute Gasteiger partial charge is 0.238 e. The first-order valence-electron chi connectivity index (χ1n) is 6.42. The van der Waals surface area contributed by atoms with Crippen LogP contribution >= 0.6 is 0 Å². The van der Waals surface area contributed by atoms with E-state index >= 15 is 0 Å². The molecule has 0 saturated carbocycles. The van der Waals surface area contributed by atoms with Gasteiger partial charge < -0.3 is 10.6 Å². The lowest BCUT2D eigenvalue weighted by Crippen LogP contribution is -2.31. The molecule has 0 saturated heterocycles. The van der Waals surface area contributed by atoms with E-state index < -0.39 is 5.82 Å². The number of benzene rings is 1. The summed E-state index contributed by atoms with van der Waals surface area (Å²) in [7, 11) is 0. The van der Waals surface area contributed by atoms with Crippen LogP contribution in [0.25, 0.3) is 0 Å². The lowest BCUT2D eigenvalue weighted by Gasteiger charge is -2.13. The molecular weight excluding hydrogens is 231 g/mol. The second-order valence-electron chi connectivity index (χ2n) is 4.34. The van der Waals surface area contributed by atoms with E-state index in [4.69, 9.17) is 0 Å². The largest absolute Gasteiger partial charge is 0.322 e. The van der Waals surface area contributed by atoms with Crippen LogP contribution in [0, 0.1) is 11.7 Å². The first kappa shape index (κ1) is 14.6. The molecule has 1 aromatic rings. The predicted octanol–water partition coefficient (Wildman–Crippen LogP) is 2.79. The Morgan fingerprint density at radius 1 is 1.28 bits per heavy atom. The topological polar surface area (TPSA) is 41.1 Å². The van der Waals surface area contributed by atoms with Gasteiger partial charge in [-0.2, -0.15) is 0 Å². The first-order valence-corrected chi connectivity index (χ1v) is 6.42. The third-order valence-electron chi connectivity index (χ3n) is 3.02. The van der Waals surface area contributed by atoms with Gasteiger partial charge >= 0.3 is 0 Å². The van der Waals surface area contributed by atoms with Crippen LogP contribution in [0.15, 0.2) is 24.3 Å². The van der Waals surface area contributed by atoms with Gasteiger partial charge in [0.2, 0.25) is 5.91 Å². The van der Waals surface area contributed by atoms with Crippen molar-refractivity contribution in [3.63, 3.8) is 0 Å². The minimum Gasteiger partial charge on any atom is -0.322 e. The summed E-state index contributed by atoms with van der Waals surface area (Å²) >= 11 is 0. The molecule has 0 aliphatic rings. The number of carbonyl (C=O) groups excluding carboxylic acids is 1. The highest BCUT2D eigenvalue weighted by Gasteiger charge is 2.07. The van der Waals surface area contributed by atoms with Gasteiger partial charge in [0.05, 0.1) is 12.2 Å². The van der Waals surface area contributed by atoms with Crippen LogP contribution in [0.3, 0.4) is 0 Å².